The van der Waals surface area contributed by atoms with Crippen molar-refractivity contribution in [2.75, 3.05) is 5.32 Å². The third-order valence-corrected chi connectivity index (χ3v) is 8.12. The smallest absolute Gasteiger partial charge is 0.244 e. The Morgan fingerprint density at radius 1 is 0.769 bits per heavy atom. The van der Waals surface area contributed by atoms with Crippen LogP contribution in [0, 0.1) is 5.92 Å². The quantitative estimate of drug-likeness (QED) is 0.221. The highest BCUT2D eigenvalue weighted by molar-refractivity contribution is 7.89. The fraction of sp³-hybridized carbons (Fsp3) is 0.219. The van der Waals surface area contributed by atoms with Gasteiger partial charge in [-0.1, -0.05) is 92.7 Å². The molecule has 0 aliphatic rings. The van der Waals surface area contributed by atoms with E-state index in [4.69, 9.17) is 4.74 Å². The van der Waals surface area contributed by atoms with Gasteiger partial charge in [0.25, 0.3) is 0 Å². The number of carbonyl (C=O) groups excluding carboxylic acids is 1. The van der Waals surface area contributed by atoms with Gasteiger partial charge in [0, 0.05) is 12.2 Å². The zero-order valence-electron chi connectivity index (χ0n) is 22.2. The predicted octanol–water partition coefficient (Wildman–Crippen LogP) is 6.51. The minimum Gasteiger partial charge on any atom is -0.489 e. The zero-order chi connectivity index (χ0) is 27.7. The lowest BCUT2D eigenvalue weighted by molar-refractivity contribution is -0.120. The number of hydrogen-bond acceptors (Lipinski definition) is 4. The molecular weight excluding hydrogens is 508 g/mol. The number of benzene rings is 4. The molecule has 0 heterocycles. The van der Waals surface area contributed by atoms with Crippen LogP contribution in [-0.2, 0) is 28.0 Å². The number of amides is 1. The standard InChI is InChI=1S/C32H34N2O4S/c1-25(2)22-31(32(35)33-28-18-20-29(21-19-28)38-24-27-14-8-4-9-15-27)34(23-26-12-6-3-7-13-26)39(36,37)30-16-10-5-11-17-30/h3-21,25,31H,22-24H2,1-2H3,(H,33,35). The van der Waals surface area contributed by atoms with Gasteiger partial charge in [-0.2, -0.15) is 4.31 Å². The molecule has 4 aromatic carbocycles. The van der Waals surface area contributed by atoms with Gasteiger partial charge >= 0.3 is 0 Å². The van der Waals surface area contributed by atoms with Gasteiger partial charge in [-0.25, -0.2) is 8.42 Å². The molecule has 0 aliphatic carbocycles. The molecule has 1 unspecified atom stereocenters. The van der Waals surface area contributed by atoms with Crippen LogP contribution >= 0.6 is 0 Å². The summed E-state index contributed by atoms with van der Waals surface area (Å²) >= 11 is 0. The number of hydrogen-bond donors (Lipinski definition) is 1. The molecule has 1 atom stereocenters. The van der Waals surface area contributed by atoms with Crippen molar-refractivity contribution in [3.05, 3.63) is 126 Å². The lowest BCUT2D eigenvalue weighted by atomic mass is 10.0. The summed E-state index contributed by atoms with van der Waals surface area (Å²) in [6.07, 6.45) is 0.364. The fourth-order valence-electron chi connectivity index (χ4n) is 4.26. The number of sulfonamides is 1. The lowest BCUT2D eigenvalue weighted by Gasteiger charge is -2.31. The second-order valence-corrected chi connectivity index (χ2v) is 11.7. The van der Waals surface area contributed by atoms with Crippen LogP contribution in [0.2, 0.25) is 0 Å². The van der Waals surface area contributed by atoms with Crippen molar-refractivity contribution in [3.63, 3.8) is 0 Å². The summed E-state index contributed by atoms with van der Waals surface area (Å²) < 4.78 is 34.9. The molecule has 6 nitrogen and oxygen atoms in total. The van der Waals surface area contributed by atoms with E-state index < -0.39 is 16.1 Å². The van der Waals surface area contributed by atoms with Gasteiger partial charge in [-0.3, -0.25) is 4.79 Å². The molecule has 0 spiro atoms. The molecule has 0 fully saturated rings. The Bertz CT molecular complexity index is 1430. The monoisotopic (exact) mass is 542 g/mol. The molecule has 1 N–H and O–H groups in total. The summed E-state index contributed by atoms with van der Waals surface area (Å²) in [5, 5.41) is 2.94. The molecule has 0 bridgehead atoms. The zero-order valence-corrected chi connectivity index (χ0v) is 23.1. The van der Waals surface area contributed by atoms with Crippen LogP contribution in [0.4, 0.5) is 5.69 Å². The van der Waals surface area contributed by atoms with Gasteiger partial charge in [0.05, 0.1) is 4.90 Å². The van der Waals surface area contributed by atoms with E-state index >= 15 is 0 Å². The molecule has 4 aromatic rings. The highest BCUT2D eigenvalue weighted by atomic mass is 32.2. The highest BCUT2D eigenvalue weighted by Gasteiger charge is 2.36. The number of ether oxygens (including phenoxy) is 1. The topological polar surface area (TPSA) is 75.7 Å². The first-order valence-corrected chi connectivity index (χ1v) is 14.5. The molecule has 1 amide bonds. The van der Waals surface area contributed by atoms with Gasteiger partial charge in [0.15, 0.2) is 0 Å². The Hall–Kier alpha value is -3.94. The minimum absolute atomic E-state index is 0.0785. The third-order valence-electron chi connectivity index (χ3n) is 6.25. The van der Waals surface area contributed by atoms with Crippen LogP contribution in [0.3, 0.4) is 0 Å². The van der Waals surface area contributed by atoms with E-state index in [1.165, 1.54) is 4.31 Å². The van der Waals surface area contributed by atoms with Crippen LogP contribution in [0.5, 0.6) is 5.75 Å². The third kappa shape index (κ3) is 7.78. The molecular formula is C32H34N2O4S. The van der Waals surface area contributed by atoms with Crippen molar-refractivity contribution in [2.45, 2.75) is 44.4 Å². The Balaban J connectivity index is 1.57. The van der Waals surface area contributed by atoms with E-state index in [2.05, 4.69) is 5.32 Å². The number of nitrogens with zero attached hydrogens (tertiary/aromatic N) is 1. The van der Waals surface area contributed by atoms with Crippen molar-refractivity contribution in [1.82, 2.24) is 4.31 Å². The molecule has 0 aromatic heterocycles. The van der Waals surface area contributed by atoms with Gasteiger partial charge in [0.2, 0.25) is 15.9 Å². The number of rotatable bonds is 12. The van der Waals surface area contributed by atoms with Crippen LogP contribution in [0.1, 0.15) is 31.4 Å². The van der Waals surface area contributed by atoms with Crippen molar-refractivity contribution < 1.29 is 17.9 Å². The summed E-state index contributed by atoms with van der Waals surface area (Å²) in [6.45, 7) is 4.48. The second kappa shape index (κ2) is 13.2. The van der Waals surface area contributed by atoms with E-state index in [1.807, 2.05) is 74.5 Å². The van der Waals surface area contributed by atoms with Crippen molar-refractivity contribution in [2.24, 2.45) is 5.92 Å². The summed E-state index contributed by atoms with van der Waals surface area (Å²) in [6, 6.07) is 33.7. The molecule has 0 saturated heterocycles. The lowest BCUT2D eigenvalue weighted by Crippen LogP contribution is -2.47. The van der Waals surface area contributed by atoms with Crippen molar-refractivity contribution >= 4 is 21.6 Å². The molecule has 7 heteroatoms. The first-order chi connectivity index (χ1) is 18.8. The Morgan fingerprint density at radius 2 is 1.31 bits per heavy atom. The predicted molar refractivity (Wildman–Crippen MR) is 155 cm³/mol. The Kier molecular flexibility index (Phi) is 9.52. The molecule has 0 saturated carbocycles. The Morgan fingerprint density at radius 3 is 1.87 bits per heavy atom. The van der Waals surface area contributed by atoms with Gasteiger partial charge in [-0.15, -0.1) is 0 Å². The summed E-state index contributed by atoms with van der Waals surface area (Å²) in [7, 11) is -3.97. The van der Waals surface area contributed by atoms with Crippen LogP contribution < -0.4 is 10.1 Å². The number of nitrogens with one attached hydrogen (secondary N) is 1. The van der Waals surface area contributed by atoms with E-state index in [0.717, 1.165) is 11.1 Å². The maximum absolute atomic E-state index is 13.9. The van der Waals surface area contributed by atoms with E-state index in [9.17, 15) is 13.2 Å². The van der Waals surface area contributed by atoms with Gasteiger partial charge in [0.1, 0.15) is 18.4 Å². The van der Waals surface area contributed by atoms with Gasteiger partial charge in [-0.05, 0) is 59.9 Å². The average Bonchev–Trinajstić information content (AvgIpc) is 2.96. The summed E-state index contributed by atoms with van der Waals surface area (Å²) in [5.74, 6) is 0.379. The minimum atomic E-state index is -3.97. The van der Waals surface area contributed by atoms with Gasteiger partial charge < -0.3 is 10.1 Å². The van der Waals surface area contributed by atoms with Crippen LogP contribution in [-0.4, -0.2) is 24.7 Å². The second-order valence-electron chi connectivity index (χ2n) is 9.78. The number of carbonyl (C=O) groups is 1. The van der Waals surface area contributed by atoms with Crippen molar-refractivity contribution in [3.8, 4) is 5.75 Å². The molecule has 39 heavy (non-hydrogen) atoms. The normalized spacial score (nSPS) is 12.3. The van der Waals surface area contributed by atoms with Crippen LogP contribution in [0.25, 0.3) is 0 Å². The van der Waals surface area contributed by atoms with E-state index in [-0.39, 0.29) is 23.3 Å². The molecule has 4 rings (SSSR count). The Labute approximate surface area is 231 Å². The van der Waals surface area contributed by atoms with E-state index in [0.29, 0.717) is 24.5 Å². The van der Waals surface area contributed by atoms with Crippen molar-refractivity contribution in [1.29, 1.82) is 0 Å². The first kappa shape index (κ1) is 28.1. The average molecular weight is 543 g/mol. The largest absolute Gasteiger partial charge is 0.489 e. The maximum Gasteiger partial charge on any atom is 0.244 e. The fourth-order valence-corrected chi connectivity index (χ4v) is 5.86. The van der Waals surface area contributed by atoms with E-state index in [1.54, 1.807) is 54.6 Å². The molecule has 202 valence electrons. The summed E-state index contributed by atoms with van der Waals surface area (Å²) in [4.78, 5) is 13.9. The molecule has 0 radical (unpaired) electrons. The first-order valence-electron chi connectivity index (χ1n) is 13.0. The molecule has 0 aliphatic heterocycles. The highest BCUT2D eigenvalue weighted by Crippen LogP contribution is 2.26. The SMILES string of the molecule is CC(C)CC(C(=O)Nc1ccc(OCc2ccccc2)cc1)N(Cc1ccccc1)S(=O)(=O)c1ccccc1. The maximum atomic E-state index is 13.9. The number of anilines is 1. The van der Waals surface area contributed by atoms with Crippen LogP contribution in [0.15, 0.2) is 120 Å². The summed E-state index contributed by atoms with van der Waals surface area (Å²) in [5.41, 5.74) is 2.43.